The van der Waals surface area contributed by atoms with Crippen molar-refractivity contribution < 1.29 is 21.6 Å². The number of hydrogen-bond acceptors (Lipinski definition) is 5. The number of likely N-dealkylation sites (tertiary alicyclic amines) is 1. The fourth-order valence-electron chi connectivity index (χ4n) is 3.63. The number of benzene rings is 2. The molecule has 1 saturated heterocycles. The van der Waals surface area contributed by atoms with Gasteiger partial charge in [-0.1, -0.05) is 18.2 Å². The summed E-state index contributed by atoms with van der Waals surface area (Å²) in [4.78, 5) is 5.08. The van der Waals surface area contributed by atoms with Crippen LogP contribution in [0.25, 0.3) is 0 Å². The van der Waals surface area contributed by atoms with Crippen molar-refractivity contribution in [2.45, 2.75) is 30.2 Å². The van der Waals surface area contributed by atoms with E-state index >= 15 is 0 Å². The number of aromatic nitrogens is 1. The number of halogens is 3. The molecule has 0 atom stereocenters. The lowest BCUT2D eigenvalue weighted by atomic mass is 10.0. The maximum atomic E-state index is 14.7. The van der Waals surface area contributed by atoms with Crippen molar-refractivity contribution in [3.63, 3.8) is 0 Å². The molecule has 0 bridgehead atoms. The van der Waals surface area contributed by atoms with Gasteiger partial charge in [-0.05, 0) is 55.4 Å². The van der Waals surface area contributed by atoms with Gasteiger partial charge in [0.25, 0.3) is 0 Å². The number of hydrogen-bond donors (Lipinski definition) is 1. The van der Waals surface area contributed by atoms with Crippen LogP contribution in [0.2, 0.25) is 0 Å². The summed E-state index contributed by atoms with van der Waals surface area (Å²) in [6.07, 6.45) is 2.51. The highest BCUT2D eigenvalue weighted by Crippen LogP contribution is 2.27. The molecule has 1 aromatic heterocycles. The lowest BCUT2D eigenvalue weighted by Crippen LogP contribution is -2.36. The van der Waals surface area contributed by atoms with Gasteiger partial charge < -0.3 is 5.32 Å². The highest BCUT2D eigenvalue weighted by atomic mass is 32.2. The molecule has 9 heteroatoms. The second kappa shape index (κ2) is 9.30. The predicted molar refractivity (Wildman–Crippen MR) is 115 cm³/mol. The van der Waals surface area contributed by atoms with Gasteiger partial charge in [0.15, 0.2) is 9.84 Å². The van der Waals surface area contributed by atoms with Crippen molar-refractivity contribution in [2.75, 3.05) is 18.4 Å². The van der Waals surface area contributed by atoms with Crippen molar-refractivity contribution in [1.29, 1.82) is 0 Å². The molecule has 2 aromatic carbocycles. The quantitative estimate of drug-likeness (QED) is 0.542. The van der Waals surface area contributed by atoms with Crippen LogP contribution >= 0.6 is 0 Å². The molecule has 3 aromatic rings. The van der Waals surface area contributed by atoms with Gasteiger partial charge in [-0.15, -0.1) is 0 Å². The molecule has 1 N–H and O–H groups in total. The van der Waals surface area contributed by atoms with E-state index in [1.807, 2.05) is 6.07 Å². The molecule has 0 radical (unpaired) electrons. The van der Waals surface area contributed by atoms with Crippen LogP contribution in [-0.4, -0.2) is 31.4 Å². The number of rotatable bonds is 8. The maximum Gasteiger partial charge on any atom is 0.189 e. The Morgan fingerprint density at radius 1 is 0.969 bits per heavy atom. The highest BCUT2D eigenvalue weighted by Gasteiger charge is 2.26. The lowest BCUT2D eigenvalue weighted by molar-refractivity contribution is 0.172. The average molecular weight is 462 g/mol. The summed E-state index contributed by atoms with van der Waals surface area (Å²) in [6.45, 7) is 2.51. The average Bonchev–Trinajstić information content (AvgIpc) is 2.69. The van der Waals surface area contributed by atoms with E-state index < -0.39 is 37.9 Å². The summed E-state index contributed by atoms with van der Waals surface area (Å²) in [7, 11) is -4.29. The van der Waals surface area contributed by atoms with Gasteiger partial charge in [0.05, 0.1) is 11.4 Å². The Labute approximate surface area is 184 Å². The third-order valence-corrected chi connectivity index (χ3v) is 7.09. The highest BCUT2D eigenvalue weighted by molar-refractivity contribution is 7.90. The van der Waals surface area contributed by atoms with Crippen molar-refractivity contribution in [2.24, 2.45) is 0 Å². The van der Waals surface area contributed by atoms with Crippen LogP contribution in [-0.2, 0) is 28.7 Å². The van der Waals surface area contributed by atoms with Gasteiger partial charge in [-0.3, -0.25) is 9.88 Å². The molecule has 2 heterocycles. The third kappa shape index (κ3) is 4.94. The fourth-order valence-corrected chi connectivity index (χ4v) is 5.05. The van der Waals surface area contributed by atoms with Crippen LogP contribution < -0.4 is 5.32 Å². The van der Waals surface area contributed by atoms with Gasteiger partial charge in [-0.25, -0.2) is 21.6 Å². The Bertz CT molecular complexity index is 1190. The monoisotopic (exact) mass is 461 g/mol. The van der Waals surface area contributed by atoms with Crippen LogP contribution in [0, 0.1) is 17.5 Å². The van der Waals surface area contributed by atoms with Crippen LogP contribution in [0.1, 0.15) is 23.2 Å². The number of nitrogens with one attached hydrogen (secondary N) is 1. The summed E-state index contributed by atoms with van der Waals surface area (Å²) >= 11 is 0. The zero-order valence-corrected chi connectivity index (χ0v) is 18.0. The molecule has 0 amide bonds. The molecule has 0 saturated carbocycles. The number of nitrogens with zero attached hydrogens (tertiary/aromatic N) is 2. The van der Waals surface area contributed by atoms with E-state index in [1.165, 1.54) is 18.3 Å². The number of sulfone groups is 1. The summed E-state index contributed by atoms with van der Waals surface area (Å²) in [5, 5.41) is 2.82. The molecular formula is C23H22F3N3O2S. The van der Waals surface area contributed by atoms with E-state index in [-0.39, 0.29) is 17.9 Å². The topological polar surface area (TPSA) is 62.3 Å². The summed E-state index contributed by atoms with van der Waals surface area (Å²) < 4.78 is 68.9. The minimum atomic E-state index is -4.29. The first-order valence-corrected chi connectivity index (χ1v) is 11.8. The van der Waals surface area contributed by atoms with E-state index in [0.717, 1.165) is 37.2 Å². The molecule has 1 aliphatic rings. The standard InChI is InChI=1S/C23H22F3N3O2S/c24-20-7-3-5-16(14-29-9-4-10-29)19(20)13-28-18-11-21(25)23(22(26)12-18)32(30,31)15-17-6-1-2-8-27-17/h1-3,5-8,11-12,28H,4,9-10,13-15H2. The molecule has 5 nitrogen and oxygen atoms in total. The molecule has 1 aliphatic heterocycles. The zero-order chi connectivity index (χ0) is 22.7. The molecule has 4 rings (SSSR count). The molecule has 0 unspecified atom stereocenters. The summed E-state index contributed by atoms with van der Waals surface area (Å²) in [5.41, 5.74) is 1.41. The first-order valence-electron chi connectivity index (χ1n) is 10.2. The van der Waals surface area contributed by atoms with Gasteiger partial charge >= 0.3 is 0 Å². The Morgan fingerprint density at radius 2 is 1.72 bits per heavy atom. The van der Waals surface area contributed by atoms with E-state index in [1.54, 1.807) is 18.2 Å². The first-order chi connectivity index (χ1) is 15.3. The van der Waals surface area contributed by atoms with Gasteiger partial charge in [0.1, 0.15) is 22.3 Å². The number of pyridine rings is 1. The lowest BCUT2D eigenvalue weighted by Gasteiger charge is -2.31. The largest absolute Gasteiger partial charge is 0.381 e. The van der Waals surface area contributed by atoms with Crippen molar-refractivity contribution in [1.82, 2.24) is 9.88 Å². The van der Waals surface area contributed by atoms with Crippen LogP contribution in [0.15, 0.2) is 59.6 Å². The molecule has 32 heavy (non-hydrogen) atoms. The van der Waals surface area contributed by atoms with Crippen molar-refractivity contribution in [3.8, 4) is 0 Å². The van der Waals surface area contributed by atoms with E-state index in [4.69, 9.17) is 0 Å². The molecule has 1 fully saturated rings. The Morgan fingerprint density at radius 3 is 2.34 bits per heavy atom. The van der Waals surface area contributed by atoms with Crippen LogP contribution in [0.5, 0.6) is 0 Å². The van der Waals surface area contributed by atoms with Crippen molar-refractivity contribution >= 4 is 15.5 Å². The predicted octanol–water partition coefficient (Wildman–Crippen LogP) is 4.29. The smallest absolute Gasteiger partial charge is 0.189 e. The Kier molecular flexibility index (Phi) is 6.48. The van der Waals surface area contributed by atoms with Gasteiger partial charge in [0.2, 0.25) is 0 Å². The third-order valence-electron chi connectivity index (χ3n) is 5.40. The Hall–Kier alpha value is -2.91. The van der Waals surface area contributed by atoms with E-state index in [2.05, 4.69) is 15.2 Å². The molecular weight excluding hydrogens is 439 g/mol. The zero-order valence-electron chi connectivity index (χ0n) is 17.2. The minimum Gasteiger partial charge on any atom is -0.381 e. The number of anilines is 1. The maximum absolute atomic E-state index is 14.7. The summed E-state index contributed by atoms with van der Waals surface area (Å²) in [5.74, 6) is -3.45. The Balaban J connectivity index is 1.53. The van der Waals surface area contributed by atoms with E-state index in [9.17, 15) is 21.6 Å². The van der Waals surface area contributed by atoms with Crippen LogP contribution in [0.4, 0.5) is 18.9 Å². The second-order valence-electron chi connectivity index (χ2n) is 7.71. The van der Waals surface area contributed by atoms with Crippen molar-refractivity contribution in [3.05, 3.63) is 89.0 Å². The molecule has 168 valence electrons. The first kappa shape index (κ1) is 22.3. The molecule has 0 spiro atoms. The van der Waals surface area contributed by atoms with Gasteiger partial charge in [0, 0.05) is 30.5 Å². The minimum absolute atomic E-state index is 0.00869. The van der Waals surface area contributed by atoms with E-state index in [0.29, 0.717) is 12.1 Å². The SMILES string of the molecule is O=S(=O)(Cc1ccccn1)c1c(F)cc(NCc2c(F)cccc2CN2CCC2)cc1F. The summed E-state index contributed by atoms with van der Waals surface area (Å²) in [6, 6.07) is 11.3. The normalized spacial score (nSPS) is 14.2. The second-order valence-corrected chi connectivity index (χ2v) is 9.64. The van der Waals surface area contributed by atoms with Crippen LogP contribution in [0.3, 0.4) is 0 Å². The molecule has 0 aliphatic carbocycles. The fraction of sp³-hybridized carbons (Fsp3) is 0.261. The van der Waals surface area contributed by atoms with Gasteiger partial charge in [-0.2, -0.15) is 0 Å².